The SMILES string of the molecule is COc1ccc(C(=O)N[C@H]2CCCN(C3CCCCCC3)C2)cc1OC. The Hall–Kier alpha value is -1.75. The molecule has 0 spiro atoms. The summed E-state index contributed by atoms with van der Waals surface area (Å²) < 4.78 is 10.6. The molecule has 0 unspecified atom stereocenters. The second kappa shape index (κ2) is 9.26. The van der Waals surface area contributed by atoms with Crippen LogP contribution in [0.15, 0.2) is 18.2 Å². The highest BCUT2D eigenvalue weighted by Gasteiger charge is 2.27. The summed E-state index contributed by atoms with van der Waals surface area (Å²) in [6.45, 7) is 2.15. The topological polar surface area (TPSA) is 50.8 Å². The number of methoxy groups -OCH3 is 2. The normalized spacial score (nSPS) is 22.5. The Morgan fingerprint density at radius 2 is 1.73 bits per heavy atom. The predicted molar refractivity (Wildman–Crippen MR) is 103 cm³/mol. The zero-order chi connectivity index (χ0) is 18.4. The fourth-order valence-electron chi connectivity index (χ4n) is 4.33. The molecule has 0 bridgehead atoms. The monoisotopic (exact) mass is 360 g/mol. The van der Waals surface area contributed by atoms with E-state index in [1.165, 1.54) is 45.1 Å². The average molecular weight is 360 g/mol. The van der Waals surface area contributed by atoms with Crippen molar-refractivity contribution in [3.05, 3.63) is 23.8 Å². The van der Waals surface area contributed by atoms with Crippen LogP contribution in [0.25, 0.3) is 0 Å². The van der Waals surface area contributed by atoms with E-state index in [1.807, 2.05) is 0 Å². The van der Waals surface area contributed by atoms with E-state index in [1.54, 1.807) is 32.4 Å². The number of carbonyl (C=O) groups is 1. The Bertz CT molecular complexity index is 597. The number of ether oxygens (including phenoxy) is 2. The van der Waals surface area contributed by atoms with Crippen molar-refractivity contribution >= 4 is 5.91 Å². The van der Waals surface area contributed by atoms with Gasteiger partial charge in [-0.05, 0) is 50.4 Å². The smallest absolute Gasteiger partial charge is 0.251 e. The van der Waals surface area contributed by atoms with Gasteiger partial charge in [-0.2, -0.15) is 0 Å². The van der Waals surface area contributed by atoms with E-state index in [-0.39, 0.29) is 11.9 Å². The predicted octanol–water partition coefficient (Wildman–Crippen LogP) is 3.62. The van der Waals surface area contributed by atoms with Crippen LogP contribution in [0.1, 0.15) is 61.7 Å². The summed E-state index contributed by atoms with van der Waals surface area (Å²) in [4.78, 5) is 15.3. The van der Waals surface area contributed by atoms with E-state index in [4.69, 9.17) is 9.47 Å². The van der Waals surface area contributed by atoms with Crippen LogP contribution in [0, 0.1) is 0 Å². The number of hydrogen-bond acceptors (Lipinski definition) is 4. The summed E-state index contributed by atoms with van der Waals surface area (Å²) in [6.07, 6.45) is 10.3. The largest absolute Gasteiger partial charge is 0.493 e. The van der Waals surface area contributed by atoms with Crippen LogP contribution >= 0.6 is 0 Å². The molecule has 1 amide bonds. The number of carbonyl (C=O) groups excluding carboxylic acids is 1. The Balaban J connectivity index is 1.60. The van der Waals surface area contributed by atoms with Gasteiger partial charge in [0.25, 0.3) is 5.91 Å². The highest BCUT2D eigenvalue weighted by Crippen LogP contribution is 2.28. The van der Waals surface area contributed by atoms with Crippen molar-refractivity contribution in [2.45, 2.75) is 63.5 Å². The van der Waals surface area contributed by atoms with E-state index in [9.17, 15) is 4.79 Å². The average Bonchev–Trinajstić information content (AvgIpc) is 2.97. The standard InChI is InChI=1S/C21H32N2O3/c1-25-19-12-11-16(14-20(19)26-2)21(24)22-17-8-7-13-23(15-17)18-9-5-3-4-6-10-18/h11-12,14,17-18H,3-10,13,15H2,1-2H3,(H,22,24)/t17-/m0/s1. The van der Waals surface area contributed by atoms with Crippen LogP contribution in [0.5, 0.6) is 11.5 Å². The van der Waals surface area contributed by atoms with Gasteiger partial charge in [0.1, 0.15) is 0 Å². The van der Waals surface area contributed by atoms with Crippen molar-refractivity contribution < 1.29 is 14.3 Å². The van der Waals surface area contributed by atoms with Gasteiger partial charge in [0.05, 0.1) is 14.2 Å². The lowest BCUT2D eigenvalue weighted by Gasteiger charge is -2.38. The third-order valence-electron chi connectivity index (χ3n) is 5.77. The summed E-state index contributed by atoms with van der Waals surface area (Å²) in [6, 6.07) is 6.26. The molecule has 2 aliphatic rings. The molecular formula is C21H32N2O3. The van der Waals surface area contributed by atoms with Crippen molar-refractivity contribution in [2.75, 3.05) is 27.3 Å². The Morgan fingerprint density at radius 3 is 2.42 bits per heavy atom. The van der Waals surface area contributed by atoms with E-state index >= 15 is 0 Å². The molecule has 1 heterocycles. The molecule has 3 rings (SSSR count). The molecule has 1 aliphatic heterocycles. The Labute approximate surface area is 157 Å². The molecule has 26 heavy (non-hydrogen) atoms. The number of amides is 1. The van der Waals surface area contributed by atoms with Crippen molar-refractivity contribution in [3.63, 3.8) is 0 Å². The van der Waals surface area contributed by atoms with Gasteiger partial charge in [0, 0.05) is 24.2 Å². The summed E-state index contributed by atoms with van der Waals surface area (Å²) >= 11 is 0. The first-order valence-corrected chi connectivity index (χ1v) is 9.98. The van der Waals surface area contributed by atoms with E-state index in [2.05, 4.69) is 10.2 Å². The van der Waals surface area contributed by atoms with Crippen molar-refractivity contribution in [2.24, 2.45) is 0 Å². The van der Waals surface area contributed by atoms with Gasteiger partial charge >= 0.3 is 0 Å². The van der Waals surface area contributed by atoms with Gasteiger partial charge in [-0.15, -0.1) is 0 Å². The molecule has 144 valence electrons. The van der Waals surface area contributed by atoms with Gasteiger partial charge in [0.2, 0.25) is 0 Å². The maximum Gasteiger partial charge on any atom is 0.251 e. The van der Waals surface area contributed by atoms with Gasteiger partial charge in [0.15, 0.2) is 11.5 Å². The highest BCUT2D eigenvalue weighted by atomic mass is 16.5. The summed E-state index contributed by atoms with van der Waals surface area (Å²) in [5.41, 5.74) is 0.620. The molecule has 0 radical (unpaired) electrons. The molecule has 1 atom stereocenters. The van der Waals surface area contributed by atoms with Crippen LogP contribution in [0.3, 0.4) is 0 Å². The molecule has 1 saturated heterocycles. The first-order valence-electron chi connectivity index (χ1n) is 9.98. The zero-order valence-electron chi connectivity index (χ0n) is 16.1. The number of benzene rings is 1. The molecule has 0 aromatic heterocycles. The molecule has 1 aliphatic carbocycles. The maximum atomic E-state index is 12.7. The van der Waals surface area contributed by atoms with Crippen LogP contribution < -0.4 is 14.8 Å². The Kier molecular flexibility index (Phi) is 6.78. The van der Waals surface area contributed by atoms with Gasteiger partial charge in [-0.25, -0.2) is 0 Å². The molecular weight excluding hydrogens is 328 g/mol. The quantitative estimate of drug-likeness (QED) is 0.815. The first kappa shape index (κ1) is 19.0. The molecule has 1 aromatic rings. The summed E-state index contributed by atoms with van der Waals surface area (Å²) in [5.74, 6) is 1.20. The second-order valence-electron chi connectivity index (χ2n) is 7.52. The number of rotatable bonds is 5. The van der Waals surface area contributed by atoms with Crippen LogP contribution in [-0.2, 0) is 0 Å². The van der Waals surface area contributed by atoms with Gasteiger partial charge in [-0.1, -0.05) is 25.7 Å². The lowest BCUT2D eigenvalue weighted by Crippen LogP contribution is -2.50. The number of nitrogens with one attached hydrogen (secondary N) is 1. The third-order valence-corrected chi connectivity index (χ3v) is 5.77. The number of nitrogens with zero attached hydrogens (tertiary/aromatic N) is 1. The molecule has 5 heteroatoms. The lowest BCUT2D eigenvalue weighted by molar-refractivity contribution is 0.0860. The minimum atomic E-state index is -0.0290. The summed E-state index contributed by atoms with van der Waals surface area (Å²) in [5, 5.41) is 3.23. The first-order chi connectivity index (χ1) is 12.7. The van der Waals surface area contributed by atoms with Crippen LogP contribution in [0.2, 0.25) is 0 Å². The minimum Gasteiger partial charge on any atom is -0.493 e. The van der Waals surface area contributed by atoms with E-state index in [0.717, 1.165) is 19.4 Å². The fraction of sp³-hybridized carbons (Fsp3) is 0.667. The number of hydrogen-bond donors (Lipinski definition) is 1. The van der Waals surface area contributed by atoms with Crippen LogP contribution in [0.4, 0.5) is 0 Å². The van der Waals surface area contributed by atoms with Gasteiger partial charge < -0.3 is 14.8 Å². The molecule has 1 saturated carbocycles. The van der Waals surface area contributed by atoms with E-state index < -0.39 is 0 Å². The maximum absolute atomic E-state index is 12.7. The second-order valence-corrected chi connectivity index (χ2v) is 7.52. The van der Waals surface area contributed by atoms with Gasteiger partial charge in [-0.3, -0.25) is 9.69 Å². The zero-order valence-corrected chi connectivity index (χ0v) is 16.1. The van der Waals surface area contributed by atoms with Crippen molar-refractivity contribution in [1.29, 1.82) is 0 Å². The highest BCUT2D eigenvalue weighted by molar-refractivity contribution is 5.95. The minimum absolute atomic E-state index is 0.0290. The molecule has 1 N–H and O–H groups in total. The van der Waals surface area contributed by atoms with Crippen molar-refractivity contribution in [1.82, 2.24) is 10.2 Å². The van der Waals surface area contributed by atoms with E-state index in [0.29, 0.717) is 23.1 Å². The molecule has 1 aromatic carbocycles. The lowest BCUT2D eigenvalue weighted by atomic mass is 9.99. The third kappa shape index (κ3) is 4.70. The molecule has 5 nitrogen and oxygen atoms in total. The Morgan fingerprint density at radius 1 is 1.00 bits per heavy atom. The molecule has 2 fully saturated rings. The van der Waals surface area contributed by atoms with Crippen molar-refractivity contribution in [3.8, 4) is 11.5 Å². The number of piperidine rings is 1. The van der Waals surface area contributed by atoms with Crippen LogP contribution in [-0.4, -0.2) is 50.2 Å². The summed E-state index contributed by atoms with van der Waals surface area (Å²) in [7, 11) is 3.19. The fourth-order valence-corrected chi connectivity index (χ4v) is 4.33. The number of likely N-dealkylation sites (tertiary alicyclic amines) is 1.